The van der Waals surface area contributed by atoms with Crippen LogP contribution in [-0.4, -0.2) is 37.6 Å². The fraction of sp³-hybridized carbons (Fsp3) is 0.150. The number of hydrogen-bond acceptors (Lipinski definition) is 7. The van der Waals surface area contributed by atoms with E-state index in [1.54, 1.807) is 30.5 Å². The number of aryl methyl sites for hydroxylation is 1. The Hall–Kier alpha value is -3.46. The standard InChI is InChI=1S/C20H21N5O3S/c1-13-8-9-22-18(10-13)25-19-11-16(14(12-23-19)20(26)21-2)24-15-6-4-5-7-17(15)29(3,27)28/h4-12H,1-3H3,(H,21,26)(H2,22,23,24,25). The Bertz CT molecular complexity index is 1160. The lowest BCUT2D eigenvalue weighted by atomic mass is 10.2. The van der Waals surface area contributed by atoms with Crippen molar-refractivity contribution in [1.29, 1.82) is 0 Å². The lowest BCUT2D eigenvalue weighted by molar-refractivity contribution is 0.0963. The third-order valence-electron chi connectivity index (χ3n) is 4.10. The quantitative estimate of drug-likeness (QED) is 0.571. The fourth-order valence-corrected chi connectivity index (χ4v) is 3.56. The molecule has 1 amide bonds. The maximum Gasteiger partial charge on any atom is 0.254 e. The zero-order chi connectivity index (χ0) is 21.0. The largest absolute Gasteiger partial charge is 0.355 e. The lowest BCUT2D eigenvalue weighted by Gasteiger charge is -2.15. The average Bonchev–Trinajstić information content (AvgIpc) is 2.67. The first-order valence-electron chi connectivity index (χ1n) is 8.76. The van der Waals surface area contributed by atoms with E-state index >= 15 is 0 Å². The molecule has 0 saturated carbocycles. The van der Waals surface area contributed by atoms with Crippen LogP contribution in [0.5, 0.6) is 0 Å². The van der Waals surface area contributed by atoms with Crippen LogP contribution in [0, 0.1) is 6.92 Å². The third kappa shape index (κ3) is 4.88. The zero-order valence-corrected chi connectivity index (χ0v) is 17.0. The van der Waals surface area contributed by atoms with E-state index in [1.807, 2.05) is 19.1 Å². The van der Waals surface area contributed by atoms with Gasteiger partial charge in [0.2, 0.25) is 0 Å². The highest BCUT2D eigenvalue weighted by atomic mass is 32.2. The van der Waals surface area contributed by atoms with Crippen LogP contribution >= 0.6 is 0 Å². The summed E-state index contributed by atoms with van der Waals surface area (Å²) in [6.07, 6.45) is 4.23. The van der Waals surface area contributed by atoms with E-state index in [-0.39, 0.29) is 16.4 Å². The van der Waals surface area contributed by atoms with Gasteiger partial charge in [-0.25, -0.2) is 18.4 Å². The summed E-state index contributed by atoms with van der Waals surface area (Å²) in [6, 6.07) is 11.9. The number of pyridine rings is 2. The van der Waals surface area contributed by atoms with Gasteiger partial charge in [-0.3, -0.25) is 4.79 Å². The molecular weight excluding hydrogens is 390 g/mol. The minimum absolute atomic E-state index is 0.134. The number of aromatic nitrogens is 2. The highest BCUT2D eigenvalue weighted by Gasteiger charge is 2.17. The molecule has 2 heterocycles. The number of benzene rings is 1. The molecule has 0 unspecified atom stereocenters. The first kappa shape index (κ1) is 20.3. The van der Waals surface area contributed by atoms with Crippen molar-refractivity contribution in [3.8, 4) is 0 Å². The second kappa shape index (κ2) is 8.27. The molecule has 29 heavy (non-hydrogen) atoms. The highest BCUT2D eigenvalue weighted by molar-refractivity contribution is 7.90. The number of nitrogens with one attached hydrogen (secondary N) is 3. The van der Waals surface area contributed by atoms with Gasteiger partial charge in [-0.1, -0.05) is 12.1 Å². The third-order valence-corrected chi connectivity index (χ3v) is 5.26. The Morgan fingerprint density at radius 1 is 0.966 bits per heavy atom. The first-order chi connectivity index (χ1) is 13.8. The molecule has 150 valence electrons. The second-order valence-electron chi connectivity index (χ2n) is 6.43. The Morgan fingerprint density at radius 2 is 1.69 bits per heavy atom. The second-order valence-corrected chi connectivity index (χ2v) is 8.42. The fourth-order valence-electron chi connectivity index (χ4n) is 2.72. The molecule has 3 N–H and O–H groups in total. The maximum atomic E-state index is 12.3. The van der Waals surface area contributed by atoms with Crippen LogP contribution in [0.1, 0.15) is 15.9 Å². The summed E-state index contributed by atoms with van der Waals surface area (Å²) in [4.78, 5) is 20.9. The van der Waals surface area contributed by atoms with Crippen LogP contribution in [0.25, 0.3) is 0 Å². The Morgan fingerprint density at radius 3 is 2.38 bits per heavy atom. The SMILES string of the molecule is CNC(=O)c1cnc(Nc2cc(C)ccn2)cc1Nc1ccccc1S(C)(=O)=O. The van der Waals surface area contributed by atoms with Gasteiger partial charge in [0.15, 0.2) is 9.84 Å². The number of para-hydroxylation sites is 1. The summed E-state index contributed by atoms with van der Waals surface area (Å²) < 4.78 is 24.2. The van der Waals surface area contributed by atoms with E-state index in [0.717, 1.165) is 11.8 Å². The molecule has 0 bridgehead atoms. The van der Waals surface area contributed by atoms with Crippen LogP contribution in [0.2, 0.25) is 0 Å². The minimum atomic E-state index is -3.46. The Balaban J connectivity index is 2.03. The van der Waals surface area contributed by atoms with E-state index in [2.05, 4.69) is 25.9 Å². The summed E-state index contributed by atoms with van der Waals surface area (Å²) in [6.45, 7) is 1.95. The van der Waals surface area contributed by atoms with E-state index in [9.17, 15) is 13.2 Å². The van der Waals surface area contributed by atoms with Crippen molar-refractivity contribution in [2.75, 3.05) is 23.9 Å². The van der Waals surface area contributed by atoms with Gasteiger partial charge >= 0.3 is 0 Å². The maximum absolute atomic E-state index is 12.3. The monoisotopic (exact) mass is 411 g/mol. The van der Waals surface area contributed by atoms with E-state index < -0.39 is 9.84 Å². The normalized spacial score (nSPS) is 11.0. The molecule has 3 rings (SSSR count). The number of nitrogens with zero attached hydrogens (tertiary/aromatic N) is 2. The van der Waals surface area contributed by atoms with Crippen molar-refractivity contribution in [3.05, 3.63) is 66.0 Å². The van der Waals surface area contributed by atoms with Crippen molar-refractivity contribution < 1.29 is 13.2 Å². The van der Waals surface area contributed by atoms with Crippen molar-refractivity contribution in [2.24, 2.45) is 0 Å². The van der Waals surface area contributed by atoms with Gasteiger partial charge in [0.1, 0.15) is 11.6 Å². The van der Waals surface area contributed by atoms with Gasteiger partial charge in [-0.2, -0.15) is 0 Å². The molecular formula is C20H21N5O3S. The minimum Gasteiger partial charge on any atom is -0.355 e. The number of carbonyl (C=O) groups is 1. The van der Waals surface area contributed by atoms with Gasteiger partial charge in [-0.05, 0) is 36.8 Å². The topological polar surface area (TPSA) is 113 Å². The molecule has 8 nitrogen and oxygen atoms in total. The number of anilines is 4. The molecule has 1 aromatic carbocycles. The zero-order valence-electron chi connectivity index (χ0n) is 16.2. The van der Waals surface area contributed by atoms with Crippen LogP contribution in [-0.2, 0) is 9.84 Å². The van der Waals surface area contributed by atoms with Crippen LogP contribution in [0.3, 0.4) is 0 Å². The van der Waals surface area contributed by atoms with Crippen molar-refractivity contribution >= 4 is 38.8 Å². The number of carbonyl (C=O) groups excluding carboxylic acids is 1. The molecule has 9 heteroatoms. The molecule has 0 atom stereocenters. The molecule has 0 saturated heterocycles. The van der Waals surface area contributed by atoms with Gasteiger partial charge in [-0.15, -0.1) is 0 Å². The summed E-state index contributed by atoms with van der Waals surface area (Å²) in [5.74, 6) is 0.708. The van der Waals surface area contributed by atoms with Crippen LogP contribution in [0.15, 0.2) is 59.8 Å². The van der Waals surface area contributed by atoms with E-state index in [4.69, 9.17) is 0 Å². The molecule has 0 aliphatic heterocycles. The van der Waals surface area contributed by atoms with Gasteiger partial charge < -0.3 is 16.0 Å². The predicted molar refractivity (Wildman–Crippen MR) is 113 cm³/mol. The molecule has 0 aliphatic carbocycles. The number of amides is 1. The molecule has 2 aromatic heterocycles. The van der Waals surface area contributed by atoms with Gasteiger partial charge in [0.25, 0.3) is 5.91 Å². The number of rotatable bonds is 6. The van der Waals surface area contributed by atoms with Crippen molar-refractivity contribution in [3.63, 3.8) is 0 Å². The van der Waals surface area contributed by atoms with E-state index in [1.165, 1.54) is 19.3 Å². The lowest BCUT2D eigenvalue weighted by Crippen LogP contribution is -2.20. The summed E-state index contributed by atoms with van der Waals surface area (Å²) in [5, 5.41) is 8.71. The molecule has 3 aromatic rings. The van der Waals surface area contributed by atoms with E-state index in [0.29, 0.717) is 23.0 Å². The number of sulfone groups is 1. The Kier molecular flexibility index (Phi) is 5.79. The molecule has 0 spiro atoms. The predicted octanol–water partition coefficient (Wildman–Crippen LogP) is 3.04. The highest BCUT2D eigenvalue weighted by Crippen LogP contribution is 2.28. The molecule has 0 aliphatic rings. The van der Waals surface area contributed by atoms with Crippen molar-refractivity contribution in [1.82, 2.24) is 15.3 Å². The summed E-state index contributed by atoms with van der Waals surface area (Å²) in [5.41, 5.74) is 2.08. The molecule has 0 fully saturated rings. The number of hydrogen-bond donors (Lipinski definition) is 3. The van der Waals surface area contributed by atoms with Crippen molar-refractivity contribution in [2.45, 2.75) is 11.8 Å². The average molecular weight is 411 g/mol. The van der Waals surface area contributed by atoms with Crippen LogP contribution in [0.4, 0.5) is 23.0 Å². The summed E-state index contributed by atoms with van der Waals surface area (Å²) in [7, 11) is -1.95. The smallest absolute Gasteiger partial charge is 0.254 e. The molecule has 0 radical (unpaired) electrons. The summed E-state index contributed by atoms with van der Waals surface area (Å²) >= 11 is 0. The van der Waals surface area contributed by atoms with Gasteiger partial charge in [0.05, 0.1) is 21.8 Å². The first-order valence-corrected chi connectivity index (χ1v) is 10.6. The Labute approximate surface area is 169 Å². The van der Waals surface area contributed by atoms with Gasteiger partial charge in [0, 0.05) is 31.8 Å². The van der Waals surface area contributed by atoms with Crippen LogP contribution < -0.4 is 16.0 Å².